The second-order valence-corrected chi connectivity index (χ2v) is 6.08. The van der Waals surface area contributed by atoms with Crippen LogP contribution >= 0.6 is 0 Å². The van der Waals surface area contributed by atoms with Crippen molar-refractivity contribution >= 4 is 21.4 Å². The first-order valence-corrected chi connectivity index (χ1v) is 7.43. The Morgan fingerprint density at radius 2 is 2.11 bits per heavy atom. The summed E-state index contributed by atoms with van der Waals surface area (Å²) in [5, 5.41) is 2.44. The average Bonchev–Trinajstić information content (AvgIpc) is 2.38. The van der Waals surface area contributed by atoms with Gasteiger partial charge in [-0.05, 0) is 18.6 Å². The lowest BCUT2D eigenvalue weighted by Gasteiger charge is -2.09. The molecule has 1 aromatic carbocycles. The third kappa shape index (κ3) is 4.13. The van der Waals surface area contributed by atoms with Gasteiger partial charge in [0.1, 0.15) is 5.75 Å². The predicted octanol–water partition coefficient (Wildman–Crippen LogP) is 0.577. The maximum atomic E-state index is 12.1. The topological polar surface area (TPSA) is 98.5 Å². The van der Waals surface area contributed by atoms with Crippen LogP contribution in [0.25, 0.3) is 0 Å². The monoisotopic (exact) mass is 286 g/mol. The smallest absolute Gasteiger partial charge is 0.219 e. The van der Waals surface area contributed by atoms with Crippen LogP contribution in [-0.4, -0.2) is 34.2 Å². The summed E-state index contributed by atoms with van der Waals surface area (Å²) in [4.78, 5) is 11.1. The van der Waals surface area contributed by atoms with Crippen LogP contribution in [0.3, 0.4) is 0 Å². The van der Waals surface area contributed by atoms with Crippen LogP contribution < -0.4 is 15.8 Å². The second kappa shape index (κ2) is 6.42. The molecule has 106 valence electrons. The zero-order valence-corrected chi connectivity index (χ0v) is 11.8. The number of hydrogen-bond donors (Lipinski definition) is 2. The minimum absolute atomic E-state index is 0.0451. The quantitative estimate of drug-likeness (QED) is 0.745. The van der Waals surface area contributed by atoms with Crippen molar-refractivity contribution in [1.82, 2.24) is 5.32 Å². The van der Waals surface area contributed by atoms with Crippen molar-refractivity contribution in [3.63, 3.8) is 0 Å². The van der Waals surface area contributed by atoms with Crippen molar-refractivity contribution in [3.05, 3.63) is 18.2 Å². The number of nitrogen functional groups attached to an aromatic ring is 1. The minimum atomic E-state index is -3.51. The molecule has 0 radical (unpaired) electrons. The molecule has 0 aliphatic rings. The van der Waals surface area contributed by atoms with Crippen LogP contribution in [0.2, 0.25) is 0 Å². The van der Waals surface area contributed by atoms with E-state index >= 15 is 0 Å². The first kappa shape index (κ1) is 15.3. The Bertz CT molecular complexity index is 555. The molecule has 6 nitrogen and oxygen atoms in total. The number of benzene rings is 1. The Labute approximate surface area is 112 Å². The summed E-state index contributed by atoms with van der Waals surface area (Å²) in [6, 6.07) is 4.48. The van der Waals surface area contributed by atoms with Gasteiger partial charge in [0.05, 0.1) is 23.4 Å². The summed E-state index contributed by atoms with van der Waals surface area (Å²) in [7, 11) is -0.550. The zero-order valence-electron chi connectivity index (χ0n) is 11.0. The van der Waals surface area contributed by atoms with Gasteiger partial charge in [-0.3, -0.25) is 4.79 Å². The van der Waals surface area contributed by atoms with Gasteiger partial charge >= 0.3 is 0 Å². The van der Waals surface area contributed by atoms with Crippen molar-refractivity contribution in [3.8, 4) is 5.75 Å². The molecule has 0 spiro atoms. The van der Waals surface area contributed by atoms with Crippen LogP contribution in [0, 0.1) is 0 Å². The molecule has 0 saturated carbocycles. The highest BCUT2D eigenvalue weighted by Gasteiger charge is 2.18. The maximum absolute atomic E-state index is 12.1. The SMILES string of the molecule is CNC(=O)CCCS(=O)(=O)c1cc(OC)ccc1N. The molecular weight excluding hydrogens is 268 g/mol. The average molecular weight is 286 g/mol. The molecule has 0 fully saturated rings. The number of rotatable bonds is 6. The van der Waals surface area contributed by atoms with Gasteiger partial charge < -0.3 is 15.8 Å². The number of hydrogen-bond acceptors (Lipinski definition) is 5. The van der Waals surface area contributed by atoms with E-state index in [-0.39, 0.29) is 35.1 Å². The molecule has 1 aromatic rings. The number of sulfone groups is 1. The van der Waals surface area contributed by atoms with Crippen LogP contribution in [0.1, 0.15) is 12.8 Å². The van der Waals surface area contributed by atoms with E-state index in [2.05, 4.69) is 5.32 Å². The maximum Gasteiger partial charge on any atom is 0.219 e. The standard InChI is InChI=1S/C12H18N2O4S/c1-14-12(15)4-3-7-19(16,17)11-8-9(18-2)5-6-10(11)13/h5-6,8H,3-4,7,13H2,1-2H3,(H,14,15). The third-order valence-corrected chi connectivity index (χ3v) is 4.50. The molecule has 0 heterocycles. The van der Waals surface area contributed by atoms with E-state index < -0.39 is 9.84 Å². The van der Waals surface area contributed by atoms with Gasteiger partial charge in [-0.2, -0.15) is 0 Å². The van der Waals surface area contributed by atoms with E-state index in [4.69, 9.17) is 10.5 Å². The Morgan fingerprint density at radius 3 is 2.68 bits per heavy atom. The van der Waals surface area contributed by atoms with Gasteiger partial charge in [-0.1, -0.05) is 0 Å². The predicted molar refractivity (Wildman–Crippen MR) is 72.8 cm³/mol. The van der Waals surface area contributed by atoms with Crippen molar-refractivity contribution < 1.29 is 17.9 Å². The number of anilines is 1. The van der Waals surface area contributed by atoms with E-state index in [0.29, 0.717) is 5.75 Å². The number of nitrogens with one attached hydrogen (secondary N) is 1. The molecule has 0 atom stereocenters. The zero-order chi connectivity index (χ0) is 14.5. The number of ether oxygens (including phenoxy) is 1. The Morgan fingerprint density at radius 1 is 1.42 bits per heavy atom. The fraction of sp³-hybridized carbons (Fsp3) is 0.417. The molecule has 1 amide bonds. The van der Waals surface area contributed by atoms with Crippen molar-refractivity contribution in [2.24, 2.45) is 0 Å². The second-order valence-electron chi connectivity index (χ2n) is 4.00. The summed E-state index contributed by atoms with van der Waals surface area (Å²) in [6.45, 7) is 0. The van der Waals surface area contributed by atoms with Crippen LogP contribution in [0.5, 0.6) is 5.75 Å². The molecule has 0 aromatic heterocycles. The van der Waals surface area contributed by atoms with Gasteiger partial charge in [0.15, 0.2) is 9.84 Å². The van der Waals surface area contributed by atoms with Gasteiger partial charge in [-0.25, -0.2) is 8.42 Å². The van der Waals surface area contributed by atoms with E-state index in [1.54, 1.807) is 6.07 Å². The van der Waals surface area contributed by atoms with E-state index in [0.717, 1.165) is 0 Å². The lowest BCUT2D eigenvalue weighted by molar-refractivity contribution is -0.120. The number of carbonyl (C=O) groups excluding carboxylic acids is 1. The van der Waals surface area contributed by atoms with Crippen LogP contribution in [0.15, 0.2) is 23.1 Å². The molecule has 1 rings (SSSR count). The van der Waals surface area contributed by atoms with Gasteiger partial charge in [0.25, 0.3) is 0 Å². The molecule has 3 N–H and O–H groups in total. The molecule has 7 heteroatoms. The highest BCUT2D eigenvalue weighted by atomic mass is 32.2. The number of methoxy groups -OCH3 is 1. The summed E-state index contributed by atoms with van der Waals surface area (Å²) < 4.78 is 29.2. The van der Waals surface area contributed by atoms with E-state index in [1.165, 1.54) is 26.3 Å². The Balaban J connectivity index is 2.85. The molecule has 19 heavy (non-hydrogen) atoms. The number of carbonyl (C=O) groups is 1. The summed E-state index contributed by atoms with van der Waals surface area (Å²) in [6.07, 6.45) is 0.415. The van der Waals surface area contributed by atoms with Crippen LogP contribution in [0.4, 0.5) is 5.69 Å². The highest BCUT2D eigenvalue weighted by molar-refractivity contribution is 7.91. The molecule has 0 aliphatic carbocycles. The number of amides is 1. The van der Waals surface area contributed by atoms with Gasteiger partial charge in [0, 0.05) is 19.5 Å². The summed E-state index contributed by atoms with van der Waals surface area (Å²) in [5.74, 6) is 0.116. The molecule has 0 bridgehead atoms. The highest BCUT2D eigenvalue weighted by Crippen LogP contribution is 2.25. The summed E-state index contributed by atoms with van der Waals surface area (Å²) >= 11 is 0. The van der Waals surface area contributed by atoms with Crippen molar-refractivity contribution in [1.29, 1.82) is 0 Å². The van der Waals surface area contributed by atoms with Crippen molar-refractivity contribution in [2.75, 3.05) is 25.6 Å². The molecule has 0 saturated heterocycles. The fourth-order valence-electron chi connectivity index (χ4n) is 1.57. The van der Waals surface area contributed by atoms with Crippen molar-refractivity contribution in [2.45, 2.75) is 17.7 Å². The lowest BCUT2D eigenvalue weighted by Crippen LogP contribution is -2.19. The third-order valence-electron chi connectivity index (χ3n) is 2.65. The molecular formula is C12H18N2O4S. The molecule has 0 unspecified atom stereocenters. The minimum Gasteiger partial charge on any atom is -0.497 e. The normalized spacial score (nSPS) is 11.1. The first-order chi connectivity index (χ1) is 8.90. The Hall–Kier alpha value is -1.76. The first-order valence-electron chi connectivity index (χ1n) is 5.77. The van der Waals surface area contributed by atoms with Gasteiger partial charge in [-0.15, -0.1) is 0 Å². The Kier molecular flexibility index (Phi) is 5.17. The molecule has 0 aliphatic heterocycles. The van der Waals surface area contributed by atoms with Gasteiger partial charge in [0.2, 0.25) is 5.91 Å². The summed E-state index contributed by atoms with van der Waals surface area (Å²) in [5.41, 5.74) is 5.86. The number of nitrogens with two attached hydrogens (primary N) is 1. The fourth-order valence-corrected chi connectivity index (χ4v) is 3.04. The van der Waals surface area contributed by atoms with E-state index in [1.807, 2.05) is 0 Å². The largest absolute Gasteiger partial charge is 0.497 e. The van der Waals surface area contributed by atoms with Crippen LogP contribution in [-0.2, 0) is 14.6 Å². The lowest BCUT2D eigenvalue weighted by atomic mass is 10.3. The van der Waals surface area contributed by atoms with E-state index in [9.17, 15) is 13.2 Å².